The molecule has 1 saturated heterocycles. The Hall–Kier alpha value is -2.02. The van der Waals surface area contributed by atoms with Crippen molar-refractivity contribution in [2.45, 2.75) is 135 Å². The number of rotatable bonds is 18. The van der Waals surface area contributed by atoms with Crippen LogP contribution >= 0.6 is 11.8 Å². The van der Waals surface area contributed by atoms with Gasteiger partial charge in [-0.1, -0.05) is 92.4 Å². The van der Waals surface area contributed by atoms with Gasteiger partial charge in [0.2, 0.25) is 11.8 Å². The van der Waals surface area contributed by atoms with E-state index in [4.69, 9.17) is 4.74 Å². The number of benzene rings is 1. The third-order valence-corrected chi connectivity index (χ3v) is 11.4. The van der Waals surface area contributed by atoms with E-state index >= 15 is 0 Å². The molecule has 240 valence electrons. The van der Waals surface area contributed by atoms with Gasteiger partial charge in [0.15, 0.2) is 0 Å². The molecular weight excluding hydrogens is 558 g/mol. The summed E-state index contributed by atoms with van der Waals surface area (Å²) in [4.78, 5) is 41.2. The van der Waals surface area contributed by atoms with Gasteiger partial charge in [-0.3, -0.25) is 19.3 Å². The summed E-state index contributed by atoms with van der Waals surface area (Å²) in [5.74, 6) is 0.719. The van der Waals surface area contributed by atoms with Crippen molar-refractivity contribution in [2.75, 3.05) is 17.3 Å². The third-order valence-electron chi connectivity index (χ3n) is 10.0. The van der Waals surface area contributed by atoms with Crippen LogP contribution in [-0.2, 0) is 19.1 Å². The number of carbonyl (C=O) groups is 3. The number of amides is 2. The number of nitrogens with zero attached hydrogens (tertiary/aromatic N) is 1. The number of unbranched alkanes of at least 4 members (excludes halogenated alkanes) is 9. The first-order chi connectivity index (χ1) is 20.6. The minimum atomic E-state index is -0.272. The Morgan fingerprint density at radius 1 is 0.884 bits per heavy atom. The van der Waals surface area contributed by atoms with E-state index in [9.17, 15) is 19.5 Å². The highest BCUT2D eigenvalue weighted by Crippen LogP contribution is 2.59. The number of hydrogen-bond donors (Lipinski definition) is 1. The predicted molar refractivity (Wildman–Crippen MR) is 176 cm³/mol. The van der Waals surface area contributed by atoms with Crippen molar-refractivity contribution >= 4 is 35.2 Å². The van der Waals surface area contributed by atoms with Crippen molar-refractivity contribution in [1.82, 2.24) is 0 Å². The molecule has 3 aliphatic rings. The Balaban J connectivity index is 1.21. The number of anilines is 1. The summed E-state index contributed by atoms with van der Waals surface area (Å²) in [6.07, 6.45) is 14.8. The Morgan fingerprint density at radius 3 is 2.02 bits per heavy atom. The van der Waals surface area contributed by atoms with Crippen LogP contribution in [0.15, 0.2) is 12.1 Å². The van der Waals surface area contributed by atoms with Crippen molar-refractivity contribution in [2.24, 2.45) is 23.7 Å². The van der Waals surface area contributed by atoms with Gasteiger partial charge in [-0.25, -0.2) is 0 Å². The summed E-state index contributed by atoms with van der Waals surface area (Å²) in [6.45, 7) is 10.8. The summed E-state index contributed by atoms with van der Waals surface area (Å²) in [6, 6.07) is 3.66. The number of fused-ring (bicyclic) bond motifs is 5. The van der Waals surface area contributed by atoms with Gasteiger partial charge in [0.05, 0.1) is 30.6 Å². The van der Waals surface area contributed by atoms with Gasteiger partial charge in [0.25, 0.3) is 0 Å². The second kappa shape index (κ2) is 15.8. The zero-order valence-electron chi connectivity index (χ0n) is 27.2. The van der Waals surface area contributed by atoms with Gasteiger partial charge < -0.3 is 9.84 Å². The monoisotopic (exact) mass is 613 g/mol. The first kappa shape index (κ1) is 33.9. The fraction of sp³-hybridized carbons (Fsp3) is 0.750. The molecule has 1 N–H and O–H groups in total. The molecule has 5 unspecified atom stereocenters. The lowest BCUT2D eigenvalue weighted by atomic mass is 9.81. The quantitative estimate of drug-likeness (QED) is 0.101. The standard InChI is InChI=1S/C36H55NO5S/c1-6-7-8-9-10-11-12-13-14-15-17-42-31(38)16-18-43-30-20-25-19-29(30)33-32(25)35(40)37(36(33)41)26-21-27(23(2)3)34(39)28(22-26)24(4)5/h21-25,29-30,32-33,39H,6-20H2,1-5H3. The maximum Gasteiger partial charge on any atom is 0.306 e. The van der Waals surface area contributed by atoms with Crippen LogP contribution in [0.3, 0.4) is 0 Å². The highest BCUT2D eigenvalue weighted by Gasteiger charge is 2.64. The molecule has 1 aliphatic heterocycles. The zero-order valence-corrected chi connectivity index (χ0v) is 28.1. The lowest BCUT2D eigenvalue weighted by molar-refractivity contribution is -0.143. The topological polar surface area (TPSA) is 83.9 Å². The Bertz CT molecular complexity index is 1090. The molecule has 1 aromatic rings. The van der Waals surface area contributed by atoms with Crippen molar-refractivity contribution in [1.29, 1.82) is 0 Å². The largest absolute Gasteiger partial charge is 0.507 e. The summed E-state index contributed by atoms with van der Waals surface area (Å²) in [5.41, 5.74) is 2.15. The highest BCUT2D eigenvalue weighted by molar-refractivity contribution is 7.99. The normalized spacial score (nSPS) is 24.5. The SMILES string of the molecule is CCCCCCCCCCCCOC(=O)CCSC1CC2CC1C1C(=O)N(c3cc(C(C)C)c(O)c(C(C)C)c3)C(=O)C21. The number of thioether (sulfide) groups is 1. The van der Waals surface area contributed by atoms with Crippen LogP contribution in [-0.4, -0.2) is 40.5 Å². The smallest absolute Gasteiger partial charge is 0.306 e. The number of phenols is 1. The van der Waals surface area contributed by atoms with Crippen molar-refractivity contribution in [3.63, 3.8) is 0 Å². The summed E-state index contributed by atoms with van der Waals surface area (Å²) in [5, 5.41) is 11.1. The van der Waals surface area contributed by atoms with Gasteiger partial charge in [0.1, 0.15) is 5.75 Å². The minimum Gasteiger partial charge on any atom is -0.507 e. The summed E-state index contributed by atoms with van der Waals surface area (Å²) < 4.78 is 5.49. The molecule has 43 heavy (non-hydrogen) atoms. The number of imide groups is 1. The number of aromatic hydroxyl groups is 1. The van der Waals surface area contributed by atoms with E-state index in [1.807, 2.05) is 39.8 Å². The second-order valence-electron chi connectivity index (χ2n) is 13.8. The fourth-order valence-corrected chi connectivity index (χ4v) is 9.16. The number of carbonyl (C=O) groups excluding carboxylic acids is 3. The van der Waals surface area contributed by atoms with E-state index in [1.165, 1.54) is 56.3 Å². The number of phenolic OH excluding ortho intramolecular Hbond substituents is 1. The van der Waals surface area contributed by atoms with Gasteiger partial charge in [-0.2, -0.15) is 11.8 Å². The molecular formula is C36H55NO5S. The lowest BCUT2D eigenvalue weighted by Crippen LogP contribution is -2.33. The Kier molecular flexibility index (Phi) is 12.5. The predicted octanol–water partition coefficient (Wildman–Crippen LogP) is 8.74. The molecule has 4 rings (SSSR count). The second-order valence-corrected chi connectivity index (χ2v) is 15.1. The molecule has 2 aliphatic carbocycles. The molecule has 0 spiro atoms. The van der Waals surface area contributed by atoms with E-state index < -0.39 is 0 Å². The number of esters is 1. The van der Waals surface area contributed by atoms with E-state index in [0.29, 0.717) is 29.7 Å². The van der Waals surface area contributed by atoms with Gasteiger partial charge in [-0.05, 0) is 66.2 Å². The molecule has 2 bridgehead atoms. The maximum atomic E-state index is 13.8. The average molecular weight is 614 g/mol. The number of ether oxygens (including phenoxy) is 1. The van der Waals surface area contributed by atoms with Gasteiger partial charge in [-0.15, -0.1) is 0 Å². The zero-order chi connectivity index (χ0) is 31.1. The van der Waals surface area contributed by atoms with Crippen LogP contribution < -0.4 is 4.90 Å². The van der Waals surface area contributed by atoms with E-state index in [-0.39, 0.29) is 59.0 Å². The van der Waals surface area contributed by atoms with Crippen LogP contribution in [0.1, 0.15) is 141 Å². The van der Waals surface area contributed by atoms with Crippen LogP contribution in [0.2, 0.25) is 0 Å². The molecule has 5 atom stereocenters. The molecule has 0 radical (unpaired) electrons. The van der Waals surface area contributed by atoms with E-state index in [0.717, 1.165) is 36.8 Å². The minimum absolute atomic E-state index is 0.0725. The van der Waals surface area contributed by atoms with Gasteiger partial charge >= 0.3 is 5.97 Å². The Labute approximate surface area is 264 Å². The van der Waals surface area contributed by atoms with Crippen LogP contribution in [0.4, 0.5) is 5.69 Å². The van der Waals surface area contributed by atoms with E-state index in [2.05, 4.69) is 6.92 Å². The molecule has 7 heteroatoms. The molecule has 1 aromatic carbocycles. The van der Waals surface area contributed by atoms with Crippen LogP contribution in [0, 0.1) is 23.7 Å². The molecule has 3 fully saturated rings. The first-order valence-electron chi connectivity index (χ1n) is 17.2. The van der Waals surface area contributed by atoms with Gasteiger partial charge in [0, 0.05) is 11.0 Å². The van der Waals surface area contributed by atoms with E-state index in [1.54, 1.807) is 11.8 Å². The molecule has 1 heterocycles. The maximum absolute atomic E-state index is 13.8. The molecule has 6 nitrogen and oxygen atoms in total. The Morgan fingerprint density at radius 2 is 1.44 bits per heavy atom. The van der Waals surface area contributed by atoms with Crippen molar-refractivity contribution in [3.8, 4) is 5.75 Å². The van der Waals surface area contributed by atoms with Crippen molar-refractivity contribution < 1.29 is 24.2 Å². The third kappa shape index (κ3) is 7.99. The lowest BCUT2D eigenvalue weighted by Gasteiger charge is -2.28. The molecule has 2 saturated carbocycles. The highest BCUT2D eigenvalue weighted by atomic mass is 32.2. The average Bonchev–Trinajstić information content (AvgIpc) is 3.62. The van der Waals surface area contributed by atoms with Crippen molar-refractivity contribution in [3.05, 3.63) is 23.3 Å². The summed E-state index contributed by atoms with van der Waals surface area (Å²) in [7, 11) is 0. The summed E-state index contributed by atoms with van der Waals surface area (Å²) >= 11 is 1.78. The molecule has 0 aromatic heterocycles. The molecule has 2 amide bonds. The fourth-order valence-electron chi connectivity index (χ4n) is 7.66. The van der Waals surface area contributed by atoms with Crippen LogP contribution in [0.5, 0.6) is 5.75 Å². The first-order valence-corrected chi connectivity index (χ1v) is 18.2. The van der Waals surface area contributed by atoms with Crippen LogP contribution in [0.25, 0.3) is 0 Å². The number of hydrogen-bond acceptors (Lipinski definition) is 6.